The van der Waals surface area contributed by atoms with Crippen LogP contribution in [0.1, 0.15) is 118 Å². The van der Waals surface area contributed by atoms with E-state index in [1.54, 1.807) is 5.57 Å². The largest absolute Gasteiger partial charge is 0.297 e. The zero-order valence-electron chi connectivity index (χ0n) is 21.9. The van der Waals surface area contributed by atoms with Gasteiger partial charge in [0.05, 0.1) is 0 Å². The van der Waals surface area contributed by atoms with Crippen LogP contribution in [0, 0.1) is 29.1 Å². The molecule has 1 nitrogen and oxygen atoms in total. The minimum Gasteiger partial charge on any atom is -0.297 e. The van der Waals surface area contributed by atoms with Crippen molar-refractivity contribution in [3.8, 4) is 0 Å². The summed E-state index contributed by atoms with van der Waals surface area (Å²) in [6.07, 6.45) is 20.1. The zero-order valence-corrected chi connectivity index (χ0v) is 21.9. The summed E-state index contributed by atoms with van der Waals surface area (Å²) in [6.45, 7) is 23.2. The van der Waals surface area contributed by atoms with Gasteiger partial charge in [-0.05, 0) is 87.5 Å². The van der Waals surface area contributed by atoms with Crippen molar-refractivity contribution < 1.29 is 0 Å². The van der Waals surface area contributed by atoms with Crippen LogP contribution in [-0.4, -0.2) is 24.0 Å². The Morgan fingerprint density at radius 2 is 1.74 bits per heavy atom. The van der Waals surface area contributed by atoms with Gasteiger partial charge < -0.3 is 0 Å². The fourth-order valence-corrected chi connectivity index (χ4v) is 7.44. The monoisotopic (exact) mass is 429 g/mol. The van der Waals surface area contributed by atoms with E-state index in [2.05, 4.69) is 52.2 Å². The van der Waals surface area contributed by atoms with Gasteiger partial charge in [-0.1, -0.05) is 84.4 Å². The van der Waals surface area contributed by atoms with Gasteiger partial charge in [-0.2, -0.15) is 0 Å². The molecule has 0 aliphatic heterocycles. The van der Waals surface area contributed by atoms with Gasteiger partial charge in [0, 0.05) is 12.6 Å². The molecule has 6 atom stereocenters. The molecule has 0 bridgehead atoms. The lowest BCUT2D eigenvalue weighted by Gasteiger charge is -2.50. The summed E-state index contributed by atoms with van der Waals surface area (Å²) in [4.78, 5) is 2.67. The van der Waals surface area contributed by atoms with Crippen LogP contribution in [0.3, 0.4) is 0 Å². The van der Waals surface area contributed by atoms with Crippen LogP contribution < -0.4 is 0 Å². The fourth-order valence-electron chi connectivity index (χ4n) is 7.44. The molecule has 0 aromatic heterocycles. The number of hydrogen-bond acceptors (Lipinski definition) is 1. The average molecular weight is 430 g/mol. The first kappa shape index (κ1) is 26.7. The molecule has 0 saturated heterocycles. The van der Waals surface area contributed by atoms with E-state index in [1.807, 2.05) is 0 Å². The zero-order chi connectivity index (χ0) is 22.9. The highest BCUT2D eigenvalue weighted by Gasteiger charge is 2.54. The lowest BCUT2D eigenvalue weighted by atomic mass is 9.55. The van der Waals surface area contributed by atoms with Crippen LogP contribution in [-0.2, 0) is 0 Å². The van der Waals surface area contributed by atoms with Crippen molar-refractivity contribution in [2.45, 2.75) is 124 Å². The van der Waals surface area contributed by atoms with Crippen molar-refractivity contribution in [2.75, 3.05) is 13.1 Å². The molecule has 0 spiro atoms. The van der Waals surface area contributed by atoms with E-state index in [-0.39, 0.29) is 0 Å². The fraction of sp³-hybridized carbons (Fsp3) is 0.867. The molecular weight excluding hydrogens is 374 g/mol. The predicted molar refractivity (Wildman–Crippen MR) is 139 cm³/mol. The topological polar surface area (TPSA) is 3.24 Å². The minimum atomic E-state index is 0.487. The molecule has 0 amide bonds. The second-order valence-corrected chi connectivity index (χ2v) is 11.2. The smallest absolute Gasteiger partial charge is 0.0279 e. The maximum absolute atomic E-state index is 4.79. The summed E-state index contributed by atoms with van der Waals surface area (Å²) in [5.74, 6) is 3.61. The van der Waals surface area contributed by atoms with Crippen molar-refractivity contribution in [1.29, 1.82) is 0 Å². The number of unbranched alkanes of at least 4 members (excludes halogenated alkanes) is 3. The molecular formula is C30H55N. The van der Waals surface area contributed by atoms with E-state index in [0.717, 1.165) is 36.6 Å². The molecule has 0 heterocycles. The second-order valence-electron chi connectivity index (χ2n) is 11.2. The Balaban J connectivity index is 2.16. The van der Waals surface area contributed by atoms with E-state index in [0.29, 0.717) is 11.5 Å². The van der Waals surface area contributed by atoms with Gasteiger partial charge in [0.15, 0.2) is 0 Å². The third-order valence-electron chi connectivity index (χ3n) is 9.32. The molecule has 31 heavy (non-hydrogen) atoms. The summed E-state index contributed by atoms with van der Waals surface area (Å²) in [6, 6.07) is 0.497. The molecule has 0 N–H and O–H groups in total. The molecule has 0 aromatic carbocycles. The molecule has 1 heteroatoms. The summed E-state index contributed by atoms with van der Waals surface area (Å²) in [5, 5.41) is 0. The van der Waals surface area contributed by atoms with E-state index >= 15 is 0 Å². The first-order chi connectivity index (χ1) is 14.9. The van der Waals surface area contributed by atoms with Crippen molar-refractivity contribution in [2.24, 2.45) is 29.1 Å². The van der Waals surface area contributed by atoms with Crippen LogP contribution >= 0.6 is 0 Å². The maximum atomic E-state index is 4.79. The number of fused-ring (bicyclic) bond motifs is 1. The van der Waals surface area contributed by atoms with Gasteiger partial charge in [0.1, 0.15) is 0 Å². The highest BCUT2D eigenvalue weighted by molar-refractivity contribution is 5.18. The Kier molecular flexibility index (Phi) is 11.4. The van der Waals surface area contributed by atoms with E-state index in [1.165, 1.54) is 83.6 Å². The molecule has 0 radical (unpaired) electrons. The van der Waals surface area contributed by atoms with Crippen molar-refractivity contribution >= 4 is 0 Å². The number of rotatable bonds is 15. The Morgan fingerprint density at radius 1 is 1.00 bits per heavy atom. The van der Waals surface area contributed by atoms with Crippen LogP contribution in [0.5, 0.6) is 0 Å². The molecule has 180 valence electrons. The van der Waals surface area contributed by atoms with Crippen LogP contribution in [0.15, 0.2) is 24.8 Å². The van der Waals surface area contributed by atoms with Crippen LogP contribution in [0.2, 0.25) is 0 Å². The Labute approximate surface area is 196 Å². The molecule has 0 aromatic rings. The van der Waals surface area contributed by atoms with E-state index < -0.39 is 0 Å². The highest BCUT2D eigenvalue weighted by atomic mass is 15.1. The first-order valence-electron chi connectivity index (χ1n) is 14.0. The van der Waals surface area contributed by atoms with Gasteiger partial charge in [-0.3, -0.25) is 4.90 Å². The number of nitrogens with zero attached hydrogens (tertiary/aromatic N) is 1. The van der Waals surface area contributed by atoms with Gasteiger partial charge in [-0.15, -0.1) is 6.58 Å². The second kappa shape index (κ2) is 13.2. The molecule has 2 fully saturated rings. The Bertz CT molecular complexity index is 537. The van der Waals surface area contributed by atoms with E-state index in [9.17, 15) is 0 Å². The molecule has 2 aliphatic carbocycles. The molecule has 6 unspecified atom stereocenters. The van der Waals surface area contributed by atoms with Crippen molar-refractivity contribution in [1.82, 2.24) is 4.90 Å². The lowest BCUT2D eigenvalue weighted by molar-refractivity contribution is 0.00838. The minimum absolute atomic E-state index is 0.487. The average Bonchev–Trinajstić information content (AvgIpc) is 3.12. The van der Waals surface area contributed by atoms with Crippen LogP contribution in [0.25, 0.3) is 0 Å². The van der Waals surface area contributed by atoms with Crippen LogP contribution in [0.4, 0.5) is 0 Å². The van der Waals surface area contributed by atoms with Crippen molar-refractivity contribution in [3.63, 3.8) is 0 Å². The SMILES string of the molecule is C=CCCN(CCC)C(C)C(=C)C1CCC2C(CCCCC)C(CCCC)CCC12C. The number of hydrogen-bond donors (Lipinski definition) is 0. The van der Waals surface area contributed by atoms with E-state index in [4.69, 9.17) is 6.58 Å². The maximum Gasteiger partial charge on any atom is 0.0279 e. The Morgan fingerprint density at radius 3 is 2.39 bits per heavy atom. The molecule has 2 rings (SSSR count). The lowest BCUT2D eigenvalue weighted by Crippen LogP contribution is -2.44. The van der Waals surface area contributed by atoms with Gasteiger partial charge in [0.25, 0.3) is 0 Å². The first-order valence-corrected chi connectivity index (χ1v) is 14.0. The normalized spacial score (nSPS) is 31.5. The summed E-state index contributed by atoms with van der Waals surface area (Å²) < 4.78 is 0. The summed E-state index contributed by atoms with van der Waals surface area (Å²) >= 11 is 0. The molecule has 2 saturated carbocycles. The summed E-state index contributed by atoms with van der Waals surface area (Å²) in [5.41, 5.74) is 2.03. The molecule has 2 aliphatic rings. The third kappa shape index (κ3) is 6.49. The van der Waals surface area contributed by atoms with Gasteiger partial charge in [0.2, 0.25) is 0 Å². The predicted octanol–water partition coefficient (Wildman–Crippen LogP) is 9.05. The van der Waals surface area contributed by atoms with Crippen molar-refractivity contribution in [3.05, 3.63) is 24.8 Å². The third-order valence-corrected chi connectivity index (χ3v) is 9.32. The quantitative estimate of drug-likeness (QED) is 0.185. The Hall–Kier alpha value is -0.560. The summed E-state index contributed by atoms with van der Waals surface area (Å²) in [7, 11) is 0. The van der Waals surface area contributed by atoms with Gasteiger partial charge in [-0.25, -0.2) is 0 Å². The standard InChI is InChI=1S/C30H55N/c1-8-12-15-17-27-26(16-13-9-2)20-21-30(7)28(18-19-29(27)30)24(5)25(6)31(22-11-4)23-14-10-3/h10,25-29H,3,5,8-9,11-23H2,1-2,4,6-7H3. The van der Waals surface area contributed by atoms with Gasteiger partial charge >= 0.3 is 0 Å². The highest BCUT2D eigenvalue weighted by Crippen LogP contribution is 2.62.